The Morgan fingerprint density at radius 2 is 2.21 bits per heavy atom. The molecule has 106 valence electrons. The fourth-order valence-electron chi connectivity index (χ4n) is 2.85. The quantitative estimate of drug-likeness (QED) is 0.867. The third-order valence-corrected chi connectivity index (χ3v) is 4.40. The summed E-state index contributed by atoms with van der Waals surface area (Å²) in [6, 6.07) is 7.92. The second-order valence-electron chi connectivity index (χ2n) is 5.71. The van der Waals surface area contributed by atoms with E-state index in [2.05, 4.69) is 65.1 Å². The van der Waals surface area contributed by atoms with Gasteiger partial charge in [0.15, 0.2) is 0 Å². The summed E-state index contributed by atoms with van der Waals surface area (Å²) >= 11 is 3.62. The van der Waals surface area contributed by atoms with E-state index in [1.54, 1.807) is 0 Å². The molecule has 0 spiro atoms. The number of benzene rings is 1. The van der Waals surface area contributed by atoms with Crippen molar-refractivity contribution in [2.75, 3.05) is 11.4 Å². The van der Waals surface area contributed by atoms with E-state index in [9.17, 15) is 0 Å². The molecule has 1 fully saturated rings. The highest BCUT2D eigenvalue weighted by Crippen LogP contribution is 2.32. The molecule has 1 aromatic rings. The first-order valence-corrected chi connectivity index (χ1v) is 8.19. The lowest BCUT2D eigenvalue weighted by Crippen LogP contribution is -2.30. The van der Waals surface area contributed by atoms with Gasteiger partial charge in [-0.15, -0.1) is 0 Å². The molecule has 1 aliphatic rings. The van der Waals surface area contributed by atoms with Gasteiger partial charge in [0.25, 0.3) is 0 Å². The number of nitrogens with zero attached hydrogens (tertiary/aromatic N) is 1. The predicted molar refractivity (Wildman–Crippen MR) is 86.8 cm³/mol. The fourth-order valence-corrected chi connectivity index (χ4v) is 3.19. The standard InChI is InChI=1S/C16H25BrN2/c1-4-15-6-5-9-19(15)16-10-14(17)8-7-13(16)11-18-12(2)3/h7-8,10,12,15,18H,4-6,9,11H2,1-3H3. The molecule has 0 radical (unpaired) electrons. The maximum absolute atomic E-state index is 3.62. The summed E-state index contributed by atoms with van der Waals surface area (Å²) in [6.07, 6.45) is 3.89. The summed E-state index contributed by atoms with van der Waals surface area (Å²) in [6.45, 7) is 8.84. The van der Waals surface area contributed by atoms with E-state index in [0.717, 1.165) is 6.54 Å². The molecule has 2 nitrogen and oxygen atoms in total. The highest BCUT2D eigenvalue weighted by Gasteiger charge is 2.24. The van der Waals surface area contributed by atoms with Crippen LogP contribution in [0.5, 0.6) is 0 Å². The SMILES string of the molecule is CCC1CCCN1c1cc(Br)ccc1CNC(C)C. The third-order valence-electron chi connectivity index (χ3n) is 3.91. The van der Waals surface area contributed by atoms with Crippen molar-refractivity contribution >= 4 is 21.6 Å². The molecule has 3 heteroatoms. The van der Waals surface area contributed by atoms with Crippen molar-refractivity contribution in [3.05, 3.63) is 28.2 Å². The summed E-state index contributed by atoms with van der Waals surface area (Å²) in [4.78, 5) is 2.60. The van der Waals surface area contributed by atoms with Gasteiger partial charge < -0.3 is 10.2 Å². The van der Waals surface area contributed by atoms with Crippen LogP contribution in [0.25, 0.3) is 0 Å². The first-order valence-electron chi connectivity index (χ1n) is 7.40. The third kappa shape index (κ3) is 3.73. The van der Waals surface area contributed by atoms with Gasteiger partial charge in [0, 0.05) is 35.3 Å². The Morgan fingerprint density at radius 3 is 2.89 bits per heavy atom. The van der Waals surface area contributed by atoms with Gasteiger partial charge in [-0.3, -0.25) is 0 Å². The first kappa shape index (κ1) is 14.9. The van der Waals surface area contributed by atoms with Crippen molar-refractivity contribution < 1.29 is 0 Å². The Kier molecular flexibility index (Phi) is 5.28. The molecule has 0 amide bonds. The molecule has 1 aromatic carbocycles. The zero-order chi connectivity index (χ0) is 13.8. The van der Waals surface area contributed by atoms with Crippen molar-refractivity contribution in [1.82, 2.24) is 5.32 Å². The zero-order valence-electron chi connectivity index (χ0n) is 12.2. The first-order chi connectivity index (χ1) is 9.11. The van der Waals surface area contributed by atoms with Gasteiger partial charge in [-0.1, -0.05) is 42.8 Å². The van der Waals surface area contributed by atoms with Crippen LogP contribution in [0.1, 0.15) is 45.6 Å². The van der Waals surface area contributed by atoms with Crippen molar-refractivity contribution in [2.45, 2.75) is 58.7 Å². The Balaban J connectivity index is 2.23. The number of rotatable bonds is 5. The van der Waals surface area contributed by atoms with E-state index in [4.69, 9.17) is 0 Å². The summed E-state index contributed by atoms with van der Waals surface area (Å²) in [5, 5.41) is 3.54. The average molecular weight is 325 g/mol. The molecule has 1 atom stereocenters. The second kappa shape index (κ2) is 6.76. The minimum atomic E-state index is 0.525. The second-order valence-corrected chi connectivity index (χ2v) is 6.62. The number of hydrogen-bond donors (Lipinski definition) is 1. The molecule has 1 aliphatic heterocycles. The van der Waals surface area contributed by atoms with E-state index < -0.39 is 0 Å². The number of nitrogens with one attached hydrogen (secondary N) is 1. The topological polar surface area (TPSA) is 15.3 Å². The van der Waals surface area contributed by atoms with Crippen LogP contribution in [0.2, 0.25) is 0 Å². The minimum Gasteiger partial charge on any atom is -0.368 e. The molecule has 1 saturated heterocycles. The molecule has 2 rings (SSSR count). The van der Waals surface area contributed by atoms with Gasteiger partial charge in [0.05, 0.1) is 0 Å². The van der Waals surface area contributed by atoms with Crippen molar-refractivity contribution in [1.29, 1.82) is 0 Å². The minimum absolute atomic E-state index is 0.525. The van der Waals surface area contributed by atoms with Gasteiger partial charge in [-0.25, -0.2) is 0 Å². The Morgan fingerprint density at radius 1 is 1.42 bits per heavy atom. The lowest BCUT2D eigenvalue weighted by Gasteiger charge is -2.29. The lowest BCUT2D eigenvalue weighted by atomic mass is 10.1. The Labute approximate surface area is 125 Å². The summed E-state index contributed by atoms with van der Waals surface area (Å²) < 4.78 is 1.18. The normalized spacial score (nSPS) is 19.4. The van der Waals surface area contributed by atoms with E-state index in [-0.39, 0.29) is 0 Å². The Hall–Kier alpha value is -0.540. The highest BCUT2D eigenvalue weighted by molar-refractivity contribution is 9.10. The molecule has 1 heterocycles. The maximum Gasteiger partial charge on any atom is 0.0425 e. The van der Waals surface area contributed by atoms with Crippen LogP contribution in [0.3, 0.4) is 0 Å². The van der Waals surface area contributed by atoms with Crippen LogP contribution < -0.4 is 10.2 Å². The highest BCUT2D eigenvalue weighted by atomic mass is 79.9. The van der Waals surface area contributed by atoms with E-state index >= 15 is 0 Å². The molecule has 0 aliphatic carbocycles. The van der Waals surface area contributed by atoms with Crippen LogP contribution in [-0.4, -0.2) is 18.6 Å². The van der Waals surface area contributed by atoms with Crippen LogP contribution in [0.15, 0.2) is 22.7 Å². The molecule has 0 aromatic heterocycles. The van der Waals surface area contributed by atoms with Crippen LogP contribution >= 0.6 is 15.9 Å². The summed E-state index contributed by atoms with van der Waals surface area (Å²) in [5.41, 5.74) is 2.82. The van der Waals surface area contributed by atoms with Gasteiger partial charge in [0.2, 0.25) is 0 Å². The smallest absolute Gasteiger partial charge is 0.0425 e. The van der Waals surface area contributed by atoms with Crippen molar-refractivity contribution in [3.63, 3.8) is 0 Å². The molecule has 1 unspecified atom stereocenters. The largest absolute Gasteiger partial charge is 0.368 e. The Bertz CT molecular complexity index is 417. The van der Waals surface area contributed by atoms with Crippen LogP contribution in [-0.2, 0) is 6.54 Å². The van der Waals surface area contributed by atoms with E-state index in [1.165, 1.54) is 41.5 Å². The van der Waals surface area contributed by atoms with Crippen molar-refractivity contribution in [2.24, 2.45) is 0 Å². The number of halogens is 1. The zero-order valence-corrected chi connectivity index (χ0v) is 13.8. The van der Waals surface area contributed by atoms with Crippen LogP contribution in [0, 0.1) is 0 Å². The van der Waals surface area contributed by atoms with Gasteiger partial charge in [-0.05, 0) is 37.0 Å². The van der Waals surface area contributed by atoms with Gasteiger partial charge in [0.1, 0.15) is 0 Å². The number of hydrogen-bond acceptors (Lipinski definition) is 2. The molecule has 19 heavy (non-hydrogen) atoms. The monoisotopic (exact) mass is 324 g/mol. The predicted octanol–water partition coefficient (Wildman–Crippen LogP) is 4.33. The van der Waals surface area contributed by atoms with Gasteiger partial charge >= 0.3 is 0 Å². The lowest BCUT2D eigenvalue weighted by molar-refractivity contribution is 0.585. The average Bonchev–Trinajstić information content (AvgIpc) is 2.85. The van der Waals surface area contributed by atoms with Crippen LogP contribution in [0.4, 0.5) is 5.69 Å². The summed E-state index contributed by atoms with van der Waals surface area (Å²) in [5.74, 6) is 0. The van der Waals surface area contributed by atoms with E-state index in [0.29, 0.717) is 12.1 Å². The van der Waals surface area contributed by atoms with Gasteiger partial charge in [-0.2, -0.15) is 0 Å². The van der Waals surface area contributed by atoms with E-state index in [1.807, 2.05) is 0 Å². The maximum atomic E-state index is 3.62. The van der Waals surface area contributed by atoms with Crippen molar-refractivity contribution in [3.8, 4) is 0 Å². The fraction of sp³-hybridized carbons (Fsp3) is 0.625. The molecular weight excluding hydrogens is 300 g/mol. The molecule has 0 saturated carbocycles. The number of anilines is 1. The molecular formula is C16H25BrN2. The molecule has 0 bridgehead atoms. The summed E-state index contributed by atoms with van der Waals surface area (Å²) in [7, 11) is 0. The molecule has 1 N–H and O–H groups in total.